The summed E-state index contributed by atoms with van der Waals surface area (Å²) in [7, 11) is -3.65. The third kappa shape index (κ3) is 4.14. The van der Waals surface area contributed by atoms with Crippen LogP contribution in [0.4, 0.5) is 16.0 Å². The molecule has 1 aliphatic heterocycles. The van der Waals surface area contributed by atoms with E-state index >= 15 is 0 Å². The third-order valence-corrected chi connectivity index (χ3v) is 6.03. The van der Waals surface area contributed by atoms with Crippen LogP contribution in [0.5, 0.6) is 0 Å². The Balaban J connectivity index is 1.87. The Bertz CT molecular complexity index is 964. The predicted molar refractivity (Wildman–Crippen MR) is 105 cm³/mol. The van der Waals surface area contributed by atoms with Crippen LogP contribution in [0.25, 0.3) is 0 Å². The van der Waals surface area contributed by atoms with Gasteiger partial charge in [0.05, 0.1) is 11.6 Å². The van der Waals surface area contributed by atoms with E-state index in [9.17, 15) is 17.6 Å². The second-order valence-corrected chi connectivity index (χ2v) is 9.26. The van der Waals surface area contributed by atoms with Gasteiger partial charge in [0.15, 0.2) is 16.1 Å². The van der Waals surface area contributed by atoms with E-state index in [4.69, 9.17) is 0 Å². The summed E-state index contributed by atoms with van der Waals surface area (Å²) in [6, 6.07) is 4.27. The van der Waals surface area contributed by atoms with Crippen molar-refractivity contribution >= 4 is 27.8 Å². The number of benzene rings is 1. The Morgan fingerprint density at radius 3 is 2.46 bits per heavy atom. The lowest BCUT2D eigenvalue weighted by molar-refractivity contribution is 0.112. The minimum atomic E-state index is -3.65. The topological polar surface area (TPSA) is 83.5 Å². The molecule has 1 fully saturated rings. The van der Waals surface area contributed by atoms with Crippen molar-refractivity contribution in [2.24, 2.45) is 5.92 Å². The minimum absolute atomic E-state index is 0.0718. The van der Waals surface area contributed by atoms with Crippen LogP contribution < -0.4 is 9.80 Å². The first-order valence-electron chi connectivity index (χ1n) is 8.99. The van der Waals surface area contributed by atoms with Crippen LogP contribution in [-0.2, 0) is 9.84 Å². The van der Waals surface area contributed by atoms with Gasteiger partial charge in [-0.05, 0) is 24.1 Å². The van der Waals surface area contributed by atoms with E-state index in [0.717, 1.165) is 6.26 Å². The smallest absolute Gasteiger partial charge is 0.225 e. The molecule has 150 valence electrons. The zero-order valence-corrected chi connectivity index (χ0v) is 16.9. The maximum absolute atomic E-state index is 13.9. The molecule has 2 aromatic rings. The first-order chi connectivity index (χ1) is 13.2. The van der Waals surface area contributed by atoms with Gasteiger partial charge in [0.1, 0.15) is 10.7 Å². The number of hydrogen-bond donors (Lipinski definition) is 0. The highest BCUT2D eigenvalue weighted by Crippen LogP contribution is 2.28. The number of nitrogens with zero attached hydrogens (tertiary/aromatic N) is 4. The molecule has 0 radical (unpaired) electrons. The lowest BCUT2D eigenvalue weighted by Crippen LogP contribution is -2.56. The zero-order valence-electron chi connectivity index (χ0n) is 16.0. The highest BCUT2D eigenvalue weighted by molar-refractivity contribution is 7.90. The fourth-order valence-electron chi connectivity index (χ4n) is 3.38. The molecule has 7 nitrogen and oxygen atoms in total. The predicted octanol–water partition coefficient (Wildman–Crippen LogP) is 2.18. The fourth-order valence-corrected chi connectivity index (χ4v) is 4.13. The van der Waals surface area contributed by atoms with Crippen molar-refractivity contribution in [3.63, 3.8) is 0 Å². The van der Waals surface area contributed by atoms with Crippen LogP contribution >= 0.6 is 0 Å². The second kappa shape index (κ2) is 7.83. The molecular formula is C19H23FN4O3S. The number of aromatic nitrogens is 2. The zero-order chi connectivity index (χ0) is 20.5. The molecule has 0 saturated carbocycles. The number of aldehydes is 1. The maximum atomic E-state index is 13.9. The van der Waals surface area contributed by atoms with Gasteiger partial charge in [-0.1, -0.05) is 13.8 Å². The first-order valence-corrected chi connectivity index (χ1v) is 10.9. The summed E-state index contributed by atoms with van der Waals surface area (Å²) in [6.45, 7) is 6.03. The monoisotopic (exact) mass is 406 g/mol. The summed E-state index contributed by atoms with van der Waals surface area (Å²) < 4.78 is 37.6. The average molecular weight is 406 g/mol. The van der Waals surface area contributed by atoms with Gasteiger partial charge < -0.3 is 9.80 Å². The molecule has 1 atom stereocenters. The summed E-state index contributed by atoms with van der Waals surface area (Å²) >= 11 is 0. The van der Waals surface area contributed by atoms with E-state index in [1.807, 2.05) is 0 Å². The highest BCUT2D eigenvalue weighted by atomic mass is 32.2. The Hall–Kier alpha value is -2.55. The van der Waals surface area contributed by atoms with Gasteiger partial charge >= 0.3 is 0 Å². The van der Waals surface area contributed by atoms with Gasteiger partial charge in [-0.15, -0.1) is 0 Å². The number of anilines is 2. The van der Waals surface area contributed by atoms with Gasteiger partial charge in [0, 0.05) is 44.0 Å². The molecule has 1 aromatic carbocycles. The summed E-state index contributed by atoms with van der Waals surface area (Å²) in [6.07, 6.45) is 4.70. The molecule has 0 N–H and O–H groups in total. The van der Waals surface area contributed by atoms with Crippen molar-refractivity contribution in [2.45, 2.75) is 24.8 Å². The van der Waals surface area contributed by atoms with Crippen molar-refractivity contribution in [1.29, 1.82) is 0 Å². The van der Waals surface area contributed by atoms with E-state index in [-0.39, 0.29) is 16.9 Å². The molecule has 28 heavy (non-hydrogen) atoms. The van der Waals surface area contributed by atoms with Gasteiger partial charge in [-0.3, -0.25) is 4.79 Å². The van der Waals surface area contributed by atoms with Gasteiger partial charge in [0.2, 0.25) is 5.95 Å². The maximum Gasteiger partial charge on any atom is 0.225 e. The van der Waals surface area contributed by atoms with Crippen molar-refractivity contribution in [2.75, 3.05) is 35.7 Å². The van der Waals surface area contributed by atoms with Crippen LogP contribution in [0.15, 0.2) is 35.5 Å². The molecule has 0 spiro atoms. The van der Waals surface area contributed by atoms with Crippen LogP contribution in [0.1, 0.15) is 24.2 Å². The van der Waals surface area contributed by atoms with E-state index in [1.165, 1.54) is 24.5 Å². The van der Waals surface area contributed by atoms with E-state index < -0.39 is 15.7 Å². The molecule has 0 amide bonds. The standard InChI is InChI=1S/C19H23FN4O3S/c1-13(2)17-11-23(15-4-5-16(20)18(8-15)28(3,26)27)6-7-24(17)19-21-9-14(12-25)10-22-19/h4-5,8-10,12-13,17H,6-7,11H2,1-3H3/t17-/m0/s1. The average Bonchev–Trinajstić information content (AvgIpc) is 2.67. The van der Waals surface area contributed by atoms with Gasteiger partial charge in [0.25, 0.3) is 0 Å². The van der Waals surface area contributed by atoms with Gasteiger partial charge in [-0.2, -0.15) is 0 Å². The van der Waals surface area contributed by atoms with Crippen LogP contribution in [0.3, 0.4) is 0 Å². The Morgan fingerprint density at radius 2 is 1.89 bits per heavy atom. The minimum Gasteiger partial charge on any atom is -0.368 e. The van der Waals surface area contributed by atoms with Crippen LogP contribution in [-0.4, -0.2) is 56.6 Å². The van der Waals surface area contributed by atoms with E-state index in [2.05, 4.69) is 33.6 Å². The molecule has 0 unspecified atom stereocenters. The third-order valence-electron chi connectivity index (χ3n) is 4.92. The van der Waals surface area contributed by atoms with Crippen molar-refractivity contribution < 1.29 is 17.6 Å². The molecule has 0 aliphatic carbocycles. The SMILES string of the molecule is CC(C)[C@@H]1CN(c2ccc(F)c(S(C)(=O)=O)c2)CCN1c1ncc(C=O)cn1. The van der Waals surface area contributed by atoms with Crippen LogP contribution in [0, 0.1) is 11.7 Å². The molecule has 1 saturated heterocycles. The molecule has 3 rings (SSSR count). The normalized spacial score (nSPS) is 17.8. The fraction of sp³-hybridized carbons (Fsp3) is 0.421. The lowest BCUT2D eigenvalue weighted by Gasteiger charge is -2.44. The summed E-state index contributed by atoms with van der Waals surface area (Å²) in [5.41, 5.74) is 1.09. The van der Waals surface area contributed by atoms with Gasteiger partial charge in [-0.25, -0.2) is 22.8 Å². The Labute approximate surface area is 164 Å². The van der Waals surface area contributed by atoms with E-state index in [0.29, 0.717) is 43.1 Å². The molecule has 1 aromatic heterocycles. The quantitative estimate of drug-likeness (QED) is 0.704. The summed E-state index contributed by atoms with van der Waals surface area (Å²) in [5, 5.41) is 0. The lowest BCUT2D eigenvalue weighted by atomic mass is 9.99. The summed E-state index contributed by atoms with van der Waals surface area (Å²) in [5.74, 6) is 0.0841. The van der Waals surface area contributed by atoms with E-state index in [1.54, 1.807) is 6.07 Å². The number of sulfone groups is 1. The molecular weight excluding hydrogens is 383 g/mol. The van der Waals surface area contributed by atoms with Crippen molar-refractivity contribution in [3.8, 4) is 0 Å². The number of piperazine rings is 1. The van der Waals surface area contributed by atoms with Crippen LogP contribution in [0.2, 0.25) is 0 Å². The summed E-state index contributed by atoms with van der Waals surface area (Å²) in [4.78, 5) is 23.3. The Morgan fingerprint density at radius 1 is 1.21 bits per heavy atom. The molecule has 1 aliphatic rings. The molecule has 0 bridgehead atoms. The first kappa shape index (κ1) is 20.2. The number of carbonyl (C=O) groups is 1. The number of rotatable bonds is 5. The molecule has 2 heterocycles. The largest absolute Gasteiger partial charge is 0.368 e. The number of hydrogen-bond acceptors (Lipinski definition) is 7. The number of carbonyl (C=O) groups excluding carboxylic acids is 1. The second-order valence-electron chi connectivity index (χ2n) is 7.27. The van der Waals surface area contributed by atoms with Crippen molar-refractivity contribution in [1.82, 2.24) is 9.97 Å². The number of halogens is 1. The molecule has 9 heteroatoms. The van der Waals surface area contributed by atoms with Crippen molar-refractivity contribution in [3.05, 3.63) is 42.0 Å². The highest BCUT2D eigenvalue weighted by Gasteiger charge is 2.31. The Kier molecular flexibility index (Phi) is 5.64.